The molecule has 0 bridgehead atoms. The van der Waals surface area contributed by atoms with Crippen molar-refractivity contribution in [3.8, 4) is 0 Å². The van der Waals surface area contributed by atoms with Crippen molar-refractivity contribution in [3.05, 3.63) is 63.1 Å². The molecule has 3 heterocycles. The lowest BCUT2D eigenvalue weighted by atomic mass is 9.84. The Labute approximate surface area is 240 Å². The Morgan fingerprint density at radius 2 is 1.77 bits per heavy atom. The molecule has 0 saturated carbocycles. The first kappa shape index (κ1) is 28.2. The first-order valence-electron chi connectivity index (χ1n) is 13.4. The highest BCUT2D eigenvalue weighted by Gasteiger charge is 2.40. The number of nitrogens with zero attached hydrogens (tertiary/aromatic N) is 3. The fraction of sp³-hybridized carbons (Fsp3) is 0.500. The molecule has 2 fully saturated rings. The number of sulfone groups is 1. The number of nitrogens with one attached hydrogen (secondary N) is 1. The number of likely N-dealkylation sites (tertiary alicyclic amines) is 1. The second-order valence-corrected chi connectivity index (χ2v) is 13.6. The normalized spacial score (nSPS) is 21.7. The Balaban J connectivity index is 1.37. The molecule has 2 aromatic rings. The van der Waals surface area contributed by atoms with Crippen molar-refractivity contribution in [2.75, 3.05) is 46.0 Å². The van der Waals surface area contributed by atoms with E-state index in [4.69, 9.17) is 23.2 Å². The number of carbonyl (C=O) groups excluding carboxylic acids is 2. The topological polar surface area (TPSA) is 90.0 Å². The molecule has 39 heavy (non-hydrogen) atoms. The largest absolute Gasteiger partial charge is 0.338 e. The minimum atomic E-state index is -3.44. The van der Waals surface area contributed by atoms with Crippen molar-refractivity contribution >= 4 is 45.0 Å². The van der Waals surface area contributed by atoms with Crippen LogP contribution in [-0.2, 0) is 9.84 Å². The molecule has 0 radical (unpaired) electrons. The first-order chi connectivity index (χ1) is 18.5. The molecule has 0 aromatic heterocycles. The van der Waals surface area contributed by atoms with E-state index in [1.54, 1.807) is 30.1 Å². The summed E-state index contributed by atoms with van der Waals surface area (Å²) in [5.74, 6) is -0.268. The Morgan fingerprint density at radius 1 is 1.03 bits per heavy atom. The van der Waals surface area contributed by atoms with Gasteiger partial charge < -0.3 is 20.0 Å². The van der Waals surface area contributed by atoms with E-state index >= 15 is 0 Å². The number of piperidine rings is 1. The minimum Gasteiger partial charge on any atom is -0.338 e. The van der Waals surface area contributed by atoms with Crippen LogP contribution in [0.25, 0.3) is 0 Å². The fourth-order valence-corrected chi connectivity index (χ4v) is 7.20. The maximum atomic E-state index is 13.3. The van der Waals surface area contributed by atoms with Gasteiger partial charge in [0.15, 0.2) is 9.84 Å². The van der Waals surface area contributed by atoms with Gasteiger partial charge in [0, 0.05) is 57.0 Å². The van der Waals surface area contributed by atoms with Crippen molar-refractivity contribution in [1.29, 1.82) is 0 Å². The number of halogens is 2. The van der Waals surface area contributed by atoms with Crippen LogP contribution in [0, 0.1) is 0 Å². The van der Waals surface area contributed by atoms with Crippen LogP contribution in [-0.4, -0.2) is 87.1 Å². The molecule has 3 amide bonds. The van der Waals surface area contributed by atoms with Gasteiger partial charge in [0.25, 0.3) is 5.91 Å². The third-order valence-corrected chi connectivity index (χ3v) is 10.2. The summed E-state index contributed by atoms with van der Waals surface area (Å²) in [6.45, 7) is 4.19. The van der Waals surface area contributed by atoms with Crippen LogP contribution in [0.2, 0.25) is 10.0 Å². The van der Waals surface area contributed by atoms with Gasteiger partial charge in [-0.15, -0.1) is 0 Å². The zero-order valence-electron chi connectivity index (χ0n) is 22.2. The van der Waals surface area contributed by atoms with Gasteiger partial charge in [0.2, 0.25) is 0 Å². The summed E-state index contributed by atoms with van der Waals surface area (Å²) < 4.78 is 24.3. The molecular formula is C28H34Cl2N4O4S. The second-order valence-electron chi connectivity index (χ2n) is 10.8. The molecule has 2 aromatic carbocycles. The van der Waals surface area contributed by atoms with E-state index in [-0.39, 0.29) is 34.8 Å². The number of benzene rings is 2. The van der Waals surface area contributed by atoms with Crippen LogP contribution >= 0.6 is 23.2 Å². The zero-order chi connectivity index (χ0) is 27.9. The van der Waals surface area contributed by atoms with Gasteiger partial charge in [0.05, 0.1) is 21.0 Å². The molecule has 11 heteroatoms. The summed E-state index contributed by atoms with van der Waals surface area (Å²) in [6.07, 6.45) is 4.77. The predicted octanol–water partition coefficient (Wildman–Crippen LogP) is 4.58. The van der Waals surface area contributed by atoms with Gasteiger partial charge in [-0.05, 0) is 67.6 Å². The molecule has 0 aliphatic carbocycles. The van der Waals surface area contributed by atoms with Crippen molar-refractivity contribution in [2.45, 2.75) is 48.6 Å². The molecule has 5 rings (SSSR count). The predicted molar refractivity (Wildman–Crippen MR) is 152 cm³/mol. The lowest BCUT2D eigenvalue weighted by molar-refractivity contribution is 0.0740. The van der Waals surface area contributed by atoms with E-state index in [0.717, 1.165) is 75.8 Å². The van der Waals surface area contributed by atoms with E-state index in [0.29, 0.717) is 15.6 Å². The quantitative estimate of drug-likeness (QED) is 0.508. The van der Waals surface area contributed by atoms with Gasteiger partial charge in [-0.25, -0.2) is 13.2 Å². The molecule has 3 aliphatic rings. The van der Waals surface area contributed by atoms with E-state index in [1.807, 2.05) is 17.0 Å². The van der Waals surface area contributed by atoms with Gasteiger partial charge >= 0.3 is 6.03 Å². The summed E-state index contributed by atoms with van der Waals surface area (Å²) in [5.41, 5.74) is 2.23. The van der Waals surface area contributed by atoms with Crippen molar-refractivity contribution in [2.24, 2.45) is 0 Å². The summed E-state index contributed by atoms with van der Waals surface area (Å²) in [5, 5.41) is 3.88. The number of rotatable bonds is 7. The van der Waals surface area contributed by atoms with Crippen molar-refractivity contribution < 1.29 is 18.0 Å². The van der Waals surface area contributed by atoms with Crippen LogP contribution < -0.4 is 5.32 Å². The molecular weight excluding hydrogens is 559 g/mol. The zero-order valence-corrected chi connectivity index (χ0v) is 24.5. The van der Waals surface area contributed by atoms with Gasteiger partial charge in [0.1, 0.15) is 0 Å². The number of fused-ring (bicyclic) bond motifs is 1. The molecule has 2 unspecified atom stereocenters. The third-order valence-electron chi connectivity index (χ3n) is 8.36. The van der Waals surface area contributed by atoms with Crippen LogP contribution in [0.15, 0.2) is 41.3 Å². The average molecular weight is 594 g/mol. The SMILES string of the molecule is CN1C(=O)c2cc(S(C)(=O)=O)ccc2C1C(CCN1CCC(N2CCCNC2=O)CC1)c1ccc(Cl)c(Cl)c1. The smallest absolute Gasteiger partial charge is 0.317 e. The maximum absolute atomic E-state index is 13.3. The first-order valence-corrected chi connectivity index (χ1v) is 16.0. The Kier molecular flexibility index (Phi) is 8.15. The molecule has 8 nitrogen and oxygen atoms in total. The maximum Gasteiger partial charge on any atom is 0.317 e. The molecule has 2 atom stereocenters. The van der Waals surface area contributed by atoms with Gasteiger partial charge in [-0.1, -0.05) is 35.3 Å². The summed E-state index contributed by atoms with van der Waals surface area (Å²) >= 11 is 12.7. The van der Waals surface area contributed by atoms with Gasteiger partial charge in [-0.3, -0.25) is 4.79 Å². The Morgan fingerprint density at radius 3 is 2.44 bits per heavy atom. The van der Waals surface area contributed by atoms with Crippen LogP contribution in [0.5, 0.6) is 0 Å². The summed E-state index contributed by atoms with van der Waals surface area (Å²) in [7, 11) is -1.67. The average Bonchev–Trinajstić information content (AvgIpc) is 3.16. The second kappa shape index (κ2) is 11.3. The van der Waals surface area contributed by atoms with E-state index in [2.05, 4.69) is 10.2 Å². The highest BCUT2D eigenvalue weighted by atomic mass is 35.5. The Bertz CT molecular complexity index is 1380. The standard InChI is InChI=1S/C28H34Cl2N4O4S/c1-32-26(22-6-5-20(39(2,37)38)17-23(22)27(32)35)21(18-4-7-24(29)25(30)16-18)10-15-33-13-8-19(9-14-33)34-12-3-11-31-28(34)36/h4-7,16-17,19,21,26H,3,8-15H2,1-2H3,(H,31,36). The molecule has 2 saturated heterocycles. The van der Waals surface area contributed by atoms with Crippen LogP contribution in [0.1, 0.15) is 59.1 Å². The molecule has 1 N–H and O–H groups in total. The number of hydrogen-bond donors (Lipinski definition) is 1. The highest BCUT2D eigenvalue weighted by Crippen LogP contribution is 2.45. The monoisotopic (exact) mass is 592 g/mol. The van der Waals surface area contributed by atoms with E-state index < -0.39 is 9.84 Å². The fourth-order valence-electron chi connectivity index (χ4n) is 6.24. The van der Waals surface area contributed by atoms with E-state index in [1.165, 1.54) is 6.07 Å². The lowest BCUT2D eigenvalue weighted by Gasteiger charge is -2.40. The number of urea groups is 1. The number of amides is 3. The summed E-state index contributed by atoms with van der Waals surface area (Å²) in [6, 6.07) is 10.5. The van der Waals surface area contributed by atoms with Crippen LogP contribution in [0.4, 0.5) is 4.79 Å². The molecule has 3 aliphatic heterocycles. The van der Waals surface area contributed by atoms with E-state index in [9.17, 15) is 18.0 Å². The van der Waals surface area contributed by atoms with Crippen molar-refractivity contribution in [3.63, 3.8) is 0 Å². The number of likely N-dealkylation sites (N-methyl/N-ethyl adjacent to an activating group) is 1. The van der Waals surface area contributed by atoms with Gasteiger partial charge in [-0.2, -0.15) is 0 Å². The molecule has 0 spiro atoms. The lowest BCUT2D eigenvalue weighted by Crippen LogP contribution is -2.54. The van der Waals surface area contributed by atoms with Crippen molar-refractivity contribution in [1.82, 2.24) is 20.0 Å². The number of hydrogen-bond acceptors (Lipinski definition) is 5. The minimum absolute atomic E-state index is 0.0472. The van der Waals surface area contributed by atoms with Crippen LogP contribution in [0.3, 0.4) is 0 Å². The number of carbonyl (C=O) groups is 2. The Hall–Kier alpha value is -2.33. The highest BCUT2D eigenvalue weighted by molar-refractivity contribution is 7.90. The summed E-state index contributed by atoms with van der Waals surface area (Å²) in [4.78, 5) is 31.9. The third kappa shape index (κ3) is 5.78. The molecule has 210 valence electrons.